The van der Waals surface area contributed by atoms with Crippen molar-refractivity contribution in [3.05, 3.63) is 95.1 Å². The molecule has 0 aliphatic carbocycles. The van der Waals surface area contributed by atoms with Gasteiger partial charge >= 0.3 is 0 Å². The van der Waals surface area contributed by atoms with Gasteiger partial charge in [0.15, 0.2) is 0 Å². The van der Waals surface area contributed by atoms with Crippen LogP contribution in [0.5, 0.6) is 11.5 Å². The van der Waals surface area contributed by atoms with E-state index in [2.05, 4.69) is 35.2 Å². The highest BCUT2D eigenvalue weighted by Crippen LogP contribution is 2.42. The molecule has 0 spiro atoms. The van der Waals surface area contributed by atoms with E-state index in [0.717, 1.165) is 49.5 Å². The second-order valence-electron chi connectivity index (χ2n) is 10.4. The van der Waals surface area contributed by atoms with E-state index in [1.807, 2.05) is 42.5 Å². The van der Waals surface area contributed by atoms with E-state index in [4.69, 9.17) is 9.47 Å². The van der Waals surface area contributed by atoms with Crippen LogP contribution in [0.4, 0.5) is 0 Å². The first-order valence-corrected chi connectivity index (χ1v) is 13.4. The molecule has 2 fully saturated rings. The molecule has 3 aromatic carbocycles. The topological polar surface area (TPSA) is 59.1 Å². The molecule has 0 saturated carbocycles. The first kappa shape index (κ1) is 26.0. The summed E-state index contributed by atoms with van der Waals surface area (Å²) < 4.78 is 10.9. The lowest BCUT2D eigenvalue weighted by atomic mass is 9.69. The predicted molar refractivity (Wildman–Crippen MR) is 148 cm³/mol. The zero-order valence-electron chi connectivity index (χ0n) is 22.3. The Morgan fingerprint density at radius 2 is 1.45 bits per heavy atom. The van der Waals surface area contributed by atoms with Crippen LogP contribution in [0.15, 0.2) is 72.8 Å². The molecule has 38 heavy (non-hydrogen) atoms. The number of Topliss-reactive ketones (excluding diaryl/α,β-unsaturated/α-hetero) is 1. The number of piperidine rings is 2. The summed E-state index contributed by atoms with van der Waals surface area (Å²) in [6.45, 7) is 3.67. The molecule has 1 amide bonds. The van der Waals surface area contributed by atoms with E-state index in [-0.39, 0.29) is 17.1 Å². The van der Waals surface area contributed by atoms with E-state index in [0.29, 0.717) is 31.5 Å². The number of ketones is 1. The summed E-state index contributed by atoms with van der Waals surface area (Å²) in [7, 11) is 3.39. The van der Waals surface area contributed by atoms with Crippen LogP contribution in [0.3, 0.4) is 0 Å². The summed E-state index contributed by atoms with van der Waals surface area (Å²) in [4.78, 5) is 29.0. The van der Waals surface area contributed by atoms with Crippen molar-refractivity contribution in [1.29, 1.82) is 0 Å². The molecule has 198 valence electrons. The second kappa shape index (κ2) is 11.4. The van der Waals surface area contributed by atoms with Crippen LogP contribution >= 0.6 is 0 Å². The maximum Gasteiger partial charge on any atom is 0.253 e. The van der Waals surface area contributed by atoms with Crippen LogP contribution in [-0.4, -0.2) is 61.9 Å². The SMILES string of the molecule is COc1ccc(C2(c3ccc(OC)cc3)CCCN(Cc3cccc(C(=O)N4CCC(=O)CC4)c3)C2)cc1. The Morgan fingerprint density at radius 3 is 2.03 bits per heavy atom. The van der Waals surface area contributed by atoms with E-state index >= 15 is 0 Å². The summed E-state index contributed by atoms with van der Waals surface area (Å²) in [5.41, 5.74) is 4.22. The van der Waals surface area contributed by atoms with Gasteiger partial charge in [-0.3, -0.25) is 14.5 Å². The van der Waals surface area contributed by atoms with E-state index < -0.39 is 0 Å². The third-order valence-electron chi connectivity index (χ3n) is 8.05. The molecule has 0 aromatic heterocycles. The number of methoxy groups -OCH3 is 2. The van der Waals surface area contributed by atoms with Gasteiger partial charge < -0.3 is 14.4 Å². The molecule has 0 unspecified atom stereocenters. The molecule has 6 nitrogen and oxygen atoms in total. The monoisotopic (exact) mass is 512 g/mol. The normalized spacial score (nSPS) is 17.7. The van der Waals surface area contributed by atoms with Crippen molar-refractivity contribution in [1.82, 2.24) is 9.80 Å². The van der Waals surface area contributed by atoms with E-state index in [9.17, 15) is 9.59 Å². The van der Waals surface area contributed by atoms with Crippen LogP contribution in [0.25, 0.3) is 0 Å². The number of amides is 1. The molecule has 2 aliphatic heterocycles. The highest BCUT2D eigenvalue weighted by Gasteiger charge is 2.39. The Hall–Kier alpha value is -3.64. The molecule has 3 aromatic rings. The molecule has 2 aliphatic rings. The quantitative estimate of drug-likeness (QED) is 0.441. The Morgan fingerprint density at radius 1 is 0.842 bits per heavy atom. The molecule has 0 radical (unpaired) electrons. The molecule has 2 saturated heterocycles. The summed E-state index contributed by atoms with van der Waals surface area (Å²) >= 11 is 0. The number of carbonyl (C=O) groups excluding carboxylic acids is 2. The van der Waals surface area contributed by atoms with Crippen LogP contribution in [-0.2, 0) is 16.8 Å². The van der Waals surface area contributed by atoms with Crippen molar-refractivity contribution in [3.63, 3.8) is 0 Å². The fourth-order valence-electron chi connectivity index (χ4n) is 5.94. The highest BCUT2D eigenvalue weighted by molar-refractivity contribution is 5.95. The number of hydrogen-bond acceptors (Lipinski definition) is 5. The number of hydrogen-bond donors (Lipinski definition) is 0. The van der Waals surface area contributed by atoms with Crippen molar-refractivity contribution < 1.29 is 19.1 Å². The average molecular weight is 513 g/mol. The van der Waals surface area contributed by atoms with Gasteiger partial charge in [0, 0.05) is 50.0 Å². The van der Waals surface area contributed by atoms with Crippen LogP contribution in [0.2, 0.25) is 0 Å². The number of ether oxygens (including phenoxy) is 2. The zero-order chi connectivity index (χ0) is 26.5. The maximum absolute atomic E-state index is 13.1. The summed E-state index contributed by atoms with van der Waals surface area (Å²) in [6, 6.07) is 24.9. The highest BCUT2D eigenvalue weighted by atomic mass is 16.5. The summed E-state index contributed by atoms with van der Waals surface area (Å²) in [5, 5.41) is 0. The summed E-state index contributed by atoms with van der Waals surface area (Å²) in [6.07, 6.45) is 3.03. The van der Waals surface area contributed by atoms with Gasteiger partial charge in [-0.05, 0) is 72.5 Å². The van der Waals surface area contributed by atoms with Gasteiger partial charge in [0.25, 0.3) is 5.91 Å². The van der Waals surface area contributed by atoms with Gasteiger partial charge in [-0.1, -0.05) is 36.4 Å². The van der Waals surface area contributed by atoms with Crippen LogP contribution < -0.4 is 9.47 Å². The first-order valence-electron chi connectivity index (χ1n) is 13.4. The standard InChI is InChI=1S/C32H36N2O4/c1-37-29-11-7-26(8-12-29)32(27-9-13-30(38-2)14-10-27)17-4-18-33(23-32)22-24-5-3-6-25(21-24)31(36)34-19-15-28(35)16-20-34/h3,5-14,21H,4,15-20,22-23H2,1-2H3. The third-order valence-corrected chi connectivity index (χ3v) is 8.05. The molecule has 5 rings (SSSR count). The zero-order valence-corrected chi connectivity index (χ0v) is 22.3. The van der Waals surface area contributed by atoms with Crippen molar-refractivity contribution in [2.24, 2.45) is 0 Å². The Balaban J connectivity index is 1.39. The Bertz CT molecular complexity index is 1210. The van der Waals surface area contributed by atoms with Crippen molar-refractivity contribution >= 4 is 11.7 Å². The Kier molecular flexibility index (Phi) is 7.79. The number of benzene rings is 3. The van der Waals surface area contributed by atoms with Crippen molar-refractivity contribution in [3.8, 4) is 11.5 Å². The minimum absolute atomic E-state index is 0.0174. The van der Waals surface area contributed by atoms with Crippen molar-refractivity contribution in [2.45, 2.75) is 37.6 Å². The minimum atomic E-state index is -0.162. The van der Waals surface area contributed by atoms with Gasteiger partial charge in [0.2, 0.25) is 0 Å². The second-order valence-corrected chi connectivity index (χ2v) is 10.4. The lowest BCUT2D eigenvalue weighted by Crippen LogP contribution is -2.46. The van der Waals surface area contributed by atoms with Crippen LogP contribution in [0.1, 0.15) is 52.7 Å². The lowest BCUT2D eigenvalue weighted by Gasteiger charge is -2.44. The smallest absolute Gasteiger partial charge is 0.253 e. The van der Waals surface area contributed by atoms with Gasteiger partial charge in [0.1, 0.15) is 17.3 Å². The molecule has 0 bridgehead atoms. The third kappa shape index (κ3) is 5.46. The lowest BCUT2D eigenvalue weighted by molar-refractivity contribution is -0.120. The predicted octanol–water partition coefficient (Wildman–Crippen LogP) is 5.09. The van der Waals surface area contributed by atoms with E-state index in [1.54, 1.807) is 19.1 Å². The van der Waals surface area contributed by atoms with Crippen LogP contribution in [0, 0.1) is 0 Å². The number of carbonyl (C=O) groups is 2. The van der Waals surface area contributed by atoms with Crippen molar-refractivity contribution in [2.75, 3.05) is 40.4 Å². The van der Waals surface area contributed by atoms with Gasteiger partial charge in [-0.25, -0.2) is 0 Å². The minimum Gasteiger partial charge on any atom is -0.497 e. The van der Waals surface area contributed by atoms with Gasteiger partial charge in [-0.15, -0.1) is 0 Å². The Labute approximate surface area is 225 Å². The number of nitrogens with zero attached hydrogens (tertiary/aromatic N) is 2. The van der Waals surface area contributed by atoms with E-state index in [1.165, 1.54) is 11.1 Å². The fourth-order valence-corrected chi connectivity index (χ4v) is 5.94. The number of likely N-dealkylation sites (tertiary alicyclic amines) is 2. The van der Waals surface area contributed by atoms with Gasteiger partial charge in [-0.2, -0.15) is 0 Å². The fraction of sp³-hybridized carbons (Fsp3) is 0.375. The molecule has 0 atom stereocenters. The molecular formula is C32H36N2O4. The molecule has 2 heterocycles. The molecule has 6 heteroatoms. The number of rotatable bonds is 7. The maximum atomic E-state index is 13.1. The summed E-state index contributed by atoms with van der Waals surface area (Å²) in [5.74, 6) is 1.96. The molecular weight excluding hydrogens is 476 g/mol. The average Bonchev–Trinajstić information content (AvgIpc) is 2.97. The largest absolute Gasteiger partial charge is 0.497 e. The first-order chi connectivity index (χ1) is 18.5. The van der Waals surface area contributed by atoms with Gasteiger partial charge in [0.05, 0.1) is 14.2 Å². The molecule has 0 N–H and O–H groups in total.